The number of rotatable bonds is 8. The highest BCUT2D eigenvalue weighted by Crippen LogP contribution is 2.09. The van der Waals surface area contributed by atoms with Gasteiger partial charge >= 0.3 is 0 Å². The van der Waals surface area contributed by atoms with Crippen LogP contribution in [-0.4, -0.2) is 38.1 Å². The van der Waals surface area contributed by atoms with Crippen LogP contribution in [0, 0.1) is 0 Å². The molecule has 1 unspecified atom stereocenters. The van der Waals surface area contributed by atoms with Gasteiger partial charge in [0.1, 0.15) is 0 Å². The zero-order chi connectivity index (χ0) is 15.7. The fraction of sp³-hybridized carbons (Fsp3) is 0.467. The van der Waals surface area contributed by atoms with Crippen LogP contribution in [-0.2, 0) is 20.7 Å². The first-order valence-electron chi connectivity index (χ1n) is 6.91. The van der Waals surface area contributed by atoms with Crippen LogP contribution in [0.4, 0.5) is 5.69 Å². The molecule has 1 aromatic rings. The van der Waals surface area contributed by atoms with Crippen molar-refractivity contribution in [3.8, 4) is 0 Å². The van der Waals surface area contributed by atoms with E-state index in [4.69, 9.17) is 10.5 Å². The third-order valence-corrected chi connectivity index (χ3v) is 3.02. The minimum absolute atomic E-state index is 0. The van der Waals surface area contributed by atoms with Gasteiger partial charge in [-0.1, -0.05) is 12.1 Å². The molecule has 0 fully saturated rings. The van der Waals surface area contributed by atoms with Crippen molar-refractivity contribution in [2.75, 3.05) is 25.5 Å². The van der Waals surface area contributed by atoms with Crippen LogP contribution in [0.5, 0.6) is 0 Å². The Bertz CT molecular complexity index is 462. The molecule has 0 aliphatic heterocycles. The second-order valence-corrected chi connectivity index (χ2v) is 4.78. The molecule has 1 aromatic carbocycles. The Morgan fingerprint density at radius 1 is 1.27 bits per heavy atom. The minimum Gasteiger partial charge on any atom is -0.380 e. The number of ether oxygens (including phenoxy) is 1. The van der Waals surface area contributed by atoms with Crippen molar-refractivity contribution in [1.82, 2.24) is 5.32 Å². The predicted octanol–water partition coefficient (Wildman–Crippen LogP) is 1.09. The zero-order valence-electron chi connectivity index (χ0n) is 12.9. The first-order valence-corrected chi connectivity index (χ1v) is 6.91. The Labute approximate surface area is 137 Å². The molecule has 0 bridgehead atoms. The maximum atomic E-state index is 11.6. The molecule has 22 heavy (non-hydrogen) atoms. The highest BCUT2D eigenvalue weighted by atomic mass is 35.5. The number of nitrogens with two attached hydrogens (primary N) is 1. The molecule has 0 saturated carbocycles. The molecule has 0 radical (unpaired) electrons. The van der Waals surface area contributed by atoms with Crippen molar-refractivity contribution in [1.29, 1.82) is 0 Å². The number of nitrogens with one attached hydrogen (secondary N) is 2. The molecule has 7 heteroatoms. The van der Waals surface area contributed by atoms with Crippen molar-refractivity contribution in [3.05, 3.63) is 29.8 Å². The lowest BCUT2D eigenvalue weighted by Gasteiger charge is -2.12. The molecule has 124 valence electrons. The van der Waals surface area contributed by atoms with Gasteiger partial charge in [0.15, 0.2) is 0 Å². The lowest BCUT2D eigenvalue weighted by Crippen LogP contribution is -2.33. The van der Waals surface area contributed by atoms with Gasteiger partial charge < -0.3 is 21.1 Å². The van der Waals surface area contributed by atoms with E-state index in [1.165, 1.54) is 6.92 Å². The molecule has 1 atom stereocenters. The lowest BCUT2D eigenvalue weighted by molar-refractivity contribution is -0.123. The van der Waals surface area contributed by atoms with E-state index in [2.05, 4.69) is 10.6 Å². The number of carbonyl (C=O) groups excluding carboxylic acids is 2. The highest BCUT2D eigenvalue weighted by Gasteiger charge is 2.10. The lowest BCUT2D eigenvalue weighted by atomic mass is 10.1. The highest BCUT2D eigenvalue weighted by molar-refractivity contribution is 5.88. The van der Waals surface area contributed by atoms with Crippen LogP contribution < -0.4 is 16.4 Å². The maximum absolute atomic E-state index is 11.6. The summed E-state index contributed by atoms with van der Waals surface area (Å²) in [6.07, 6.45) is 0.767. The van der Waals surface area contributed by atoms with Crippen LogP contribution in [0.1, 0.15) is 18.9 Å². The van der Waals surface area contributed by atoms with Crippen LogP contribution in [0.3, 0.4) is 0 Å². The van der Waals surface area contributed by atoms with E-state index in [1.807, 2.05) is 24.3 Å². The van der Waals surface area contributed by atoms with Crippen molar-refractivity contribution < 1.29 is 14.3 Å². The molecule has 0 spiro atoms. The molecule has 4 N–H and O–H groups in total. The van der Waals surface area contributed by atoms with Gasteiger partial charge in [0.25, 0.3) is 0 Å². The van der Waals surface area contributed by atoms with Crippen molar-refractivity contribution in [3.63, 3.8) is 0 Å². The number of amides is 2. The summed E-state index contributed by atoms with van der Waals surface area (Å²) >= 11 is 0. The van der Waals surface area contributed by atoms with Crippen LogP contribution >= 0.6 is 12.4 Å². The predicted molar refractivity (Wildman–Crippen MR) is 89.2 cm³/mol. The van der Waals surface area contributed by atoms with Gasteiger partial charge in [-0.15, -0.1) is 12.4 Å². The number of anilines is 1. The first kappa shape index (κ1) is 20.4. The van der Waals surface area contributed by atoms with Crippen molar-refractivity contribution >= 4 is 29.9 Å². The van der Waals surface area contributed by atoms with E-state index in [0.717, 1.165) is 17.7 Å². The average Bonchev–Trinajstić information content (AvgIpc) is 2.46. The molecule has 2 amide bonds. The van der Waals surface area contributed by atoms with Gasteiger partial charge in [-0.3, -0.25) is 9.59 Å². The molecule has 0 saturated heterocycles. The third kappa shape index (κ3) is 7.97. The van der Waals surface area contributed by atoms with Gasteiger partial charge in [0, 0.05) is 32.8 Å². The number of halogens is 1. The summed E-state index contributed by atoms with van der Waals surface area (Å²) in [6.45, 7) is 2.35. The van der Waals surface area contributed by atoms with Crippen LogP contribution in [0.15, 0.2) is 24.3 Å². The number of benzene rings is 1. The summed E-state index contributed by atoms with van der Waals surface area (Å²) in [5.41, 5.74) is 7.32. The molecular weight excluding hydrogens is 306 g/mol. The molecule has 6 nitrogen and oxygen atoms in total. The maximum Gasteiger partial charge on any atom is 0.222 e. The summed E-state index contributed by atoms with van der Waals surface area (Å²) in [5, 5.41) is 5.54. The number of hydrogen-bond acceptors (Lipinski definition) is 4. The van der Waals surface area contributed by atoms with E-state index in [0.29, 0.717) is 13.1 Å². The second kappa shape index (κ2) is 11.0. The normalized spacial score (nSPS) is 11.2. The van der Waals surface area contributed by atoms with E-state index >= 15 is 0 Å². The standard InChI is InChI=1S/C15H23N3O3.ClH/c1-11(19)18-13-5-3-12(4-6-13)7-8-17-15(20)9-14(10-16)21-2;/h3-6,14H,7-10,16H2,1-2H3,(H,17,20)(H,18,19);1H. The largest absolute Gasteiger partial charge is 0.380 e. The number of methoxy groups -OCH3 is 1. The SMILES string of the molecule is COC(CN)CC(=O)NCCc1ccc(NC(C)=O)cc1.Cl. The molecule has 0 aromatic heterocycles. The topological polar surface area (TPSA) is 93.4 Å². The summed E-state index contributed by atoms with van der Waals surface area (Å²) in [5.74, 6) is -0.162. The van der Waals surface area contributed by atoms with Gasteiger partial charge in [-0.05, 0) is 24.1 Å². The number of hydrogen-bond donors (Lipinski definition) is 3. The fourth-order valence-electron chi connectivity index (χ4n) is 1.85. The molecule has 0 heterocycles. The van der Waals surface area contributed by atoms with Gasteiger partial charge in [0.2, 0.25) is 11.8 Å². The Morgan fingerprint density at radius 3 is 2.41 bits per heavy atom. The van der Waals surface area contributed by atoms with E-state index in [-0.39, 0.29) is 36.7 Å². The monoisotopic (exact) mass is 329 g/mol. The number of carbonyl (C=O) groups is 2. The Balaban J connectivity index is 0.00000441. The van der Waals surface area contributed by atoms with Crippen LogP contribution in [0.2, 0.25) is 0 Å². The van der Waals surface area contributed by atoms with Crippen molar-refractivity contribution in [2.24, 2.45) is 5.73 Å². The smallest absolute Gasteiger partial charge is 0.222 e. The summed E-state index contributed by atoms with van der Waals surface area (Å²) in [4.78, 5) is 22.5. The average molecular weight is 330 g/mol. The van der Waals surface area contributed by atoms with Gasteiger partial charge in [0.05, 0.1) is 12.5 Å². The Kier molecular flexibility index (Phi) is 10.2. The fourth-order valence-corrected chi connectivity index (χ4v) is 1.85. The van der Waals surface area contributed by atoms with E-state index in [1.54, 1.807) is 7.11 Å². The first-order chi connectivity index (χ1) is 10.0. The molecular formula is C15H24ClN3O3. The molecule has 0 aliphatic rings. The quantitative estimate of drug-likeness (QED) is 0.665. The molecule has 1 rings (SSSR count). The van der Waals surface area contributed by atoms with Crippen LogP contribution in [0.25, 0.3) is 0 Å². The van der Waals surface area contributed by atoms with Gasteiger partial charge in [-0.25, -0.2) is 0 Å². The summed E-state index contributed by atoms with van der Waals surface area (Å²) in [6, 6.07) is 7.53. The van der Waals surface area contributed by atoms with Gasteiger partial charge in [-0.2, -0.15) is 0 Å². The zero-order valence-corrected chi connectivity index (χ0v) is 13.7. The second-order valence-electron chi connectivity index (χ2n) is 4.78. The van der Waals surface area contributed by atoms with Crippen molar-refractivity contribution in [2.45, 2.75) is 25.9 Å². The summed E-state index contributed by atoms with van der Waals surface area (Å²) in [7, 11) is 1.54. The minimum atomic E-state index is -0.234. The summed E-state index contributed by atoms with van der Waals surface area (Å²) < 4.78 is 5.06. The Morgan fingerprint density at radius 2 is 1.91 bits per heavy atom. The van der Waals surface area contributed by atoms with E-state index < -0.39 is 0 Å². The van der Waals surface area contributed by atoms with E-state index in [9.17, 15) is 9.59 Å². The Hall–Kier alpha value is -1.63. The third-order valence-electron chi connectivity index (χ3n) is 3.02. The molecule has 0 aliphatic carbocycles.